The molecule has 0 bridgehead atoms. The number of rotatable bonds is 3. The Hall–Kier alpha value is -3.78. The molecule has 5 aromatic rings. The van der Waals surface area contributed by atoms with Crippen molar-refractivity contribution in [1.29, 1.82) is 0 Å². The van der Waals surface area contributed by atoms with E-state index in [1.807, 2.05) is 24.3 Å². The summed E-state index contributed by atoms with van der Waals surface area (Å²) in [4.78, 5) is 4.88. The average molecular weight is 375 g/mol. The molecule has 0 amide bonds. The minimum Gasteiger partial charge on any atom is -0.248 e. The van der Waals surface area contributed by atoms with Gasteiger partial charge in [0.2, 0.25) is 0 Å². The summed E-state index contributed by atoms with van der Waals surface area (Å²) in [6, 6.07) is 31.3. The number of halogens is 1. The lowest BCUT2D eigenvalue weighted by Crippen LogP contribution is -1.91. The second kappa shape index (κ2) is 7.33. The molecule has 0 fully saturated rings. The van der Waals surface area contributed by atoms with Crippen molar-refractivity contribution in [3.8, 4) is 11.3 Å². The topological polar surface area (TPSA) is 12.9 Å². The van der Waals surface area contributed by atoms with Crippen molar-refractivity contribution in [1.82, 2.24) is 4.98 Å². The van der Waals surface area contributed by atoms with Crippen LogP contribution in [0.1, 0.15) is 11.1 Å². The lowest BCUT2D eigenvalue weighted by atomic mass is 9.98. The molecule has 4 aromatic carbocycles. The van der Waals surface area contributed by atoms with E-state index in [1.165, 1.54) is 22.9 Å². The Morgan fingerprint density at radius 3 is 2.28 bits per heavy atom. The van der Waals surface area contributed by atoms with E-state index in [1.54, 1.807) is 12.1 Å². The molecule has 0 atom stereocenters. The summed E-state index contributed by atoms with van der Waals surface area (Å²) >= 11 is 0. The number of aromatic nitrogens is 1. The molecule has 29 heavy (non-hydrogen) atoms. The Morgan fingerprint density at radius 2 is 1.45 bits per heavy atom. The lowest BCUT2D eigenvalue weighted by Gasteiger charge is -2.10. The smallest absolute Gasteiger partial charge is 0.123 e. The molecule has 1 heterocycles. The molecule has 138 valence electrons. The van der Waals surface area contributed by atoms with Crippen LogP contribution in [-0.2, 0) is 0 Å². The van der Waals surface area contributed by atoms with E-state index in [9.17, 15) is 4.39 Å². The minimum atomic E-state index is -0.246. The first kappa shape index (κ1) is 17.3. The van der Waals surface area contributed by atoms with Gasteiger partial charge in [-0.25, -0.2) is 9.37 Å². The van der Waals surface area contributed by atoms with E-state index in [2.05, 4.69) is 60.7 Å². The number of fused-ring (bicyclic) bond motifs is 3. The summed E-state index contributed by atoms with van der Waals surface area (Å²) in [6.45, 7) is 0. The van der Waals surface area contributed by atoms with Crippen LogP contribution in [0.15, 0.2) is 97.1 Å². The molecule has 2 heteroatoms. The van der Waals surface area contributed by atoms with Crippen LogP contribution in [0.3, 0.4) is 0 Å². The molecule has 1 nitrogen and oxygen atoms in total. The van der Waals surface area contributed by atoms with Gasteiger partial charge in [-0.2, -0.15) is 0 Å². The van der Waals surface area contributed by atoms with Gasteiger partial charge in [0.1, 0.15) is 5.82 Å². The zero-order valence-corrected chi connectivity index (χ0v) is 15.7. The van der Waals surface area contributed by atoms with Crippen molar-refractivity contribution in [3.05, 3.63) is 114 Å². The normalized spacial score (nSPS) is 11.5. The molecule has 0 saturated heterocycles. The second-order valence-electron chi connectivity index (χ2n) is 7.03. The van der Waals surface area contributed by atoms with Gasteiger partial charge in [0.25, 0.3) is 0 Å². The van der Waals surface area contributed by atoms with Crippen molar-refractivity contribution in [2.24, 2.45) is 0 Å². The fourth-order valence-electron chi connectivity index (χ4n) is 3.69. The van der Waals surface area contributed by atoms with E-state index in [-0.39, 0.29) is 5.82 Å². The largest absolute Gasteiger partial charge is 0.248 e. The first-order valence-corrected chi connectivity index (χ1v) is 9.59. The van der Waals surface area contributed by atoms with Gasteiger partial charge in [-0.15, -0.1) is 0 Å². The molecule has 0 aliphatic heterocycles. The molecule has 0 unspecified atom stereocenters. The Kier molecular flexibility index (Phi) is 4.38. The van der Waals surface area contributed by atoms with Gasteiger partial charge in [0.15, 0.2) is 0 Å². The first-order valence-electron chi connectivity index (χ1n) is 9.59. The highest BCUT2D eigenvalue weighted by atomic mass is 19.1. The number of hydrogen-bond donors (Lipinski definition) is 0. The summed E-state index contributed by atoms with van der Waals surface area (Å²) < 4.78 is 13.4. The highest BCUT2D eigenvalue weighted by molar-refractivity contribution is 6.11. The second-order valence-corrected chi connectivity index (χ2v) is 7.03. The van der Waals surface area contributed by atoms with Crippen LogP contribution < -0.4 is 0 Å². The molecule has 0 aliphatic carbocycles. The predicted molar refractivity (Wildman–Crippen MR) is 120 cm³/mol. The molecule has 1 aromatic heterocycles. The Balaban J connectivity index is 1.76. The predicted octanol–water partition coefficient (Wildman–Crippen LogP) is 7.36. The fraction of sp³-hybridized carbons (Fsp3) is 0. The summed E-state index contributed by atoms with van der Waals surface area (Å²) in [5, 5.41) is 3.49. The third-order valence-electron chi connectivity index (χ3n) is 5.12. The van der Waals surface area contributed by atoms with Crippen LogP contribution in [0.5, 0.6) is 0 Å². The fourth-order valence-corrected chi connectivity index (χ4v) is 3.69. The summed E-state index contributed by atoms with van der Waals surface area (Å²) in [7, 11) is 0. The average Bonchev–Trinajstić information content (AvgIpc) is 2.78. The molecule has 0 aliphatic rings. The van der Waals surface area contributed by atoms with Gasteiger partial charge in [-0.3, -0.25) is 0 Å². The highest BCUT2D eigenvalue weighted by Gasteiger charge is 2.09. The zero-order valence-electron chi connectivity index (χ0n) is 15.7. The Labute approximate surface area is 168 Å². The van der Waals surface area contributed by atoms with Crippen LogP contribution >= 0.6 is 0 Å². The SMILES string of the molecule is Fc1ccc(-c2cc(C=Cc3ccccc3)c3c(ccc4ccccc43)n2)cc1. The Bertz CT molecular complexity index is 1340. The van der Waals surface area contributed by atoms with Gasteiger partial charge in [0, 0.05) is 10.9 Å². The third kappa shape index (κ3) is 3.41. The van der Waals surface area contributed by atoms with E-state index in [4.69, 9.17) is 4.98 Å². The quantitative estimate of drug-likeness (QED) is 0.300. The van der Waals surface area contributed by atoms with Crippen LogP contribution in [-0.4, -0.2) is 4.98 Å². The van der Waals surface area contributed by atoms with Crippen LogP contribution in [0.4, 0.5) is 4.39 Å². The van der Waals surface area contributed by atoms with Crippen LogP contribution in [0.25, 0.3) is 45.1 Å². The molecule has 0 saturated carbocycles. The third-order valence-corrected chi connectivity index (χ3v) is 5.12. The monoisotopic (exact) mass is 375 g/mol. The van der Waals surface area contributed by atoms with Crippen molar-refractivity contribution in [3.63, 3.8) is 0 Å². The minimum absolute atomic E-state index is 0.246. The maximum absolute atomic E-state index is 13.4. The maximum atomic E-state index is 13.4. The summed E-state index contributed by atoms with van der Waals surface area (Å²) in [6.07, 6.45) is 4.25. The van der Waals surface area contributed by atoms with Crippen LogP contribution in [0.2, 0.25) is 0 Å². The van der Waals surface area contributed by atoms with Crippen LogP contribution in [0, 0.1) is 5.82 Å². The standard InChI is InChI=1S/C27H18FN/c28-23-15-12-21(13-16-23)26-18-22(11-10-19-6-2-1-3-7-19)27-24-9-5-4-8-20(24)14-17-25(27)29-26/h1-18H. The number of nitrogens with zero attached hydrogens (tertiary/aromatic N) is 1. The summed E-state index contributed by atoms with van der Waals surface area (Å²) in [5.74, 6) is -0.246. The van der Waals surface area contributed by atoms with Gasteiger partial charge < -0.3 is 0 Å². The van der Waals surface area contributed by atoms with Crippen molar-refractivity contribution in [2.75, 3.05) is 0 Å². The molecule has 0 spiro atoms. The molecule has 5 rings (SSSR count). The van der Waals surface area contributed by atoms with E-state index in [0.29, 0.717) is 0 Å². The van der Waals surface area contributed by atoms with E-state index in [0.717, 1.165) is 33.3 Å². The molecular formula is C27H18FN. The van der Waals surface area contributed by atoms with E-state index >= 15 is 0 Å². The van der Waals surface area contributed by atoms with Crippen molar-refractivity contribution < 1.29 is 4.39 Å². The molecule has 0 N–H and O–H groups in total. The first-order chi connectivity index (χ1) is 14.3. The van der Waals surface area contributed by atoms with Crippen molar-refractivity contribution >= 4 is 33.8 Å². The number of benzene rings is 4. The van der Waals surface area contributed by atoms with E-state index < -0.39 is 0 Å². The number of pyridine rings is 1. The highest BCUT2D eigenvalue weighted by Crippen LogP contribution is 2.32. The van der Waals surface area contributed by atoms with Gasteiger partial charge >= 0.3 is 0 Å². The van der Waals surface area contributed by atoms with Gasteiger partial charge in [-0.1, -0.05) is 72.8 Å². The van der Waals surface area contributed by atoms with Gasteiger partial charge in [-0.05, 0) is 58.3 Å². The maximum Gasteiger partial charge on any atom is 0.123 e. The Morgan fingerprint density at radius 1 is 0.690 bits per heavy atom. The zero-order chi connectivity index (χ0) is 19.6. The molecular weight excluding hydrogens is 357 g/mol. The van der Waals surface area contributed by atoms with Crippen molar-refractivity contribution in [2.45, 2.75) is 0 Å². The van der Waals surface area contributed by atoms with Gasteiger partial charge in [0.05, 0.1) is 11.2 Å². The number of hydrogen-bond acceptors (Lipinski definition) is 1. The lowest BCUT2D eigenvalue weighted by molar-refractivity contribution is 0.628. The molecule has 0 radical (unpaired) electrons. The summed E-state index contributed by atoms with van der Waals surface area (Å²) in [5.41, 5.74) is 4.89.